The molecule has 5 nitrogen and oxygen atoms in total. The molecule has 0 saturated carbocycles. The van der Waals surface area contributed by atoms with Gasteiger partial charge in [0.2, 0.25) is 5.91 Å². The number of nitrogens with one attached hydrogen (secondary N) is 1. The third-order valence-electron chi connectivity index (χ3n) is 2.96. The van der Waals surface area contributed by atoms with E-state index in [1.54, 1.807) is 0 Å². The molecule has 2 atom stereocenters. The summed E-state index contributed by atoms with van der Waals surface area (Å²) >= 11 is 0. The molecule has 1 rings (SSSR count). The molecule has 0 spiro atoms. The van der Waals surface area contributed by atoms with Crippen molar-refractivity contribution in [1.29, 1.82) is 0 Å². The van der Waals surface area contributed by atoms with E-state index in [0.717, 1.165) is 5.56 Å². The Hall–Kier alpha value is -1.88. The van der Waals surface area contributed by atoms with E-state index in [2.05, 4.69) is 5.32 Å². The first-order chi connectivity index (χ1) is 9.40. The fourth-order valence-corrected chi connectivity index (χ4v) is 1.94. The van der Waals surface area contributed by atoms with Crippen molar-refractivity contribution in [2.24, 2.45) is 11.7 Å². The Labute approximate surface area is 119 Å². The standard InChI is InChI=1S/C15H22N2O3/c1-10(2)8-12(16)14(18)17-13(15(19)20)9-11-6-4-3-5-7-11/h3-7,10,12-13H,8-9,16H2,1-2H3,(H,17,18)(H,19,20)/t12-,13?/m0/s1. The number of hydrogen-bond acceptors (Lipinski definition) is 3. The Morgan fingerprint density at radius 3 is 2.35 bits per heavy atom. The summed E-state index contributed by atoms with van der Waals surface area (Å²) in [4.78, 5) is 23.1. The van der Waals surface area contributed by atoms with Crippen molar-refractivity contribution in [2.45, 2.75) is 38.8 Å². The number of nitrogens with two attached hydrogens (primary N) is 1. The molecule has 0 saturated heterocycles. The van der Waals surface area contributed by atoms with Crippen LogP contribution in [0.15, 0.2) is 30.3 Å². The fourth-order valence-electron chi connectivity index (χ4n) is 1.94. The number of aliphatic carboxylic acids is 1. The predicted octanol–water partition coefficient (Wildman–Crippen LogP) is 1.17. The van der Waals surface area contributed by atoms with Crippen LogP contribution in [-0.4, -0.2) is 29.1 Å². The molecule has 4 N–H and O–H groups in total. The molecule has 5 heteroatoms. The largest absolute Gasteiger partial charge is 0.480 e. The van der Waals surface area contributed by atoms with Crippen LogP contribution in [0.3, 0.4) is 0 Å². The zero-order chi connectivity index (χ0) is 15.1. The van der Waals surface area contributed by atoms with Crippen LogP contribution in [0.1, 0.15) is 25.8 Å². The fraction of sp³-hybridized carbons (Fsp3) is 0.467. The summed E-state index contributed by atoms with van der Waals surface area (Å²) in [6.07, 6.45) is 0.778. The van der Waals surface area contributed by atoms with Crippen molar-refractivity contribution in [2.75, 3.05) is 0 Å². The highest BCUT2D eigenvalue weighted by atomic mass is 16.4. The summed E-state index contributed by atoms with van der Waals surface area (Å²) in [5, 5.41) is 11.7. The summed E-state index contributed by atoms with van der Waals surface area (Å²) in [5.74, 6) is -1.19. The second kappa shape index (κ2) is 7.65. The summed E-state index contributed by atoms with van der Waals surface area (Å²) in [7, 11) is 0. The molecule has 20 heavy (non-hydrogen) atoms. The van der Waals surface area contributed by atoms with Gasteiger partial charge in [-0.2, -0.15) is 0 Å². The molecular formula is C15H22N2O3. The minimum absolute atomic E-state index is 0.246. The number of carbonyl (C=O) groups excluding carboxylic acids is 1. The molecule has 110 valence electrons. The first-order valence-corrected chi connectivity index (χ1v) is 6.72. The summed E-state index contributed by atoms with van der Waals surface area (Å²) in [6, 6.07) is 7.56. The minimum Gasteiger partial charge on any atom is -0.480 e. The number of benzene rings is 1. The van der Waals surface area contributed by atoms with Gasteiger partial charge in [-0.3, -0.25) is 4.79 Å². The summed E-state index contributed by atoms with van der Waals surface area (Å²) < 4.78 is 0. The Kier molecular flexibility index (Phi) is 6.18. The van der Waals surface area contributed by atoms with Gasteiger partial charge in [0.15, 0.2) is 0 Å². The van der Waals surface area contributed by atoms with Crippen LogP contribution in [0.4, 0.5) is 0 Å². The molecule has 0 aromatic heterocycles. The molecule has 0 aliphatic carbocycles. The molecule has 1 aromatic carbocycles. The molecule has 1 unspecified atom stereocenters. The van der Waals surface area contributed by atoms with Gasteiger partial charge in [-0.1, -0.05) is 44.2 Å². The maximum atomic E-state index is 11.9. The van der Waals surface area contributed by atoms with Crippen molar-refractivity contribution < 1.29 is 14.7 Å². The maximum absolute atomic E-state index is 11.9. The van der Waals surface area contributed by atoms with Crippen LogP contribution in [0.25, 0.3) is 0 Å². The van der Waals surface area contributed by atoms with Crippen LogP contribution >= 0.6 is 0 Å². The molecule has 1 amide bonds. The second-order valence-corrected chi connectivity index (χ2v) is 5.33. The number of rotatable bonds is 7. The quantitative estimate of drug-likeness (QED) is 0.698. The van der Waals surface area contributed by atoms with Crippen LogP contribution in [0.5, 0.6) is 0 Å². The third kappa shape index (κ3) is 5.40. The van der Waals surface area contributed by atoms with Crippen LogP contribution in [0.2, 0.25) is 0 Å². The average Bonchev–Trinajstić information content (AvgIpc) is 2.38. The van der Waals surface area contributed by atoms with E-state index in [1.165, 1.54) is 0 Å². The second-order valence-electron chi connectivity index (χ2n) is 5.33. The molecule has 0 heterocycles. The monoisotopic (exact) mass is 278 g/mol. The van der Waals surface area contributed by atoms with Gasteiger partial charge < -0.3 is 16.2 Å². The maximum Gasteiger partial charge on any atom is 0.326 e. The Bertz CT molecular complexity index is 446. The van der Waals surface area contributed by atoms with Gasteiger partial charge in [-0.15, -0.1) is 0 Å². The van der Waals surface area contributed by atoms with Gasteiger partial charge in [0.1, 0.15) is 6.04 Å². The number of carbonyl (C=O) groups is 2. The number of amides is 1. The Morgan fingerprint density at radius 2 is 1.85 bits per heavy atom. The molecule has 0 aliphatic heterocycles. The normalized spacial score (nSPS) is 13.8. The van der Waals surface area contributed by atoms with Gasteiger partial charge >= 0.3 is 5.97 Å². The van der Waals surface area contributed by atoms with E-state index >= 15 is 0 Å². The first kappa shape index (κ1) is 16.2. The molecule has 1 aromatic rings. The van der Waals surface area contributed by atoms with Crippen molar-refractivity contribution in [1.82, 2.24) is 5.32 Å². The lowest BCUT2D eigenvalue weighted by Gasteiger charge is -2.19. The summed E-state index contributed by atoms with van der Waals surface area (Å²) in [6.45, 7) is 3.93. The highest BCUT2D eigenvalue weighted by molar-refractivity contribution is 5.86. The molecule has 0 fully saturated rings. The smallest absolute Gasteiger partial charge is 0.326 e. The third-order valence-corrected chi connectivity index (χ3v) is 2.96. The highest BCUT2D eigenvalue weighted by Gasteiger charge is 2.23. The Morgan fingerprint density at radius 1 is 1.25 bits per heavy atom. The lowest BCUT2D eigenvalue weighted by atomic mass is 10.0. The molecule has 0 bridgehead atoms. The van der Waals surface area contributed by atoms with Gasteiger partial charge in [0, 0.05) is 6.42 Å². The van der Waals surface area contributed by atoms with E-state index in [-0.39, 0.29) is 12.3 Å². The summed E-state index contributed by atoms with van der Waals surface area (Å²) in [5.41, 5.74) is 6.61. The first-order valence-electron chi connectivity index (χ1n) is 6.72. The lowest BCUT2D eigenvalue weighted by Crippen LogP contribution is -2.49. The van der Waals surface area contributed by atoms with Gasteiger partial charge in [-0.25, -0.2) is 4.79 Å². The van der Waals surface area contributed by atoms with E-state index in [4.69, 9.17) is 5.73 Å². The van der Waals surface area contributed by atoms with Crippen molar-refractivity contribution in [3.8, 4) is 0 Å². The van der Waals surface area contributed by atoms with E-state index in [9.17, 15) is 14.7 Å². The van der Waals surface area contributed by atoms with Crippen LogP contribution < -0.4 is 11.1 Å². The van der Waals surface area contributed by atoms with Crippen molar-refractivity contribution in [3.05, 3.63) is 35.9 Å². The van der Waals surface area contributed by atoms with Crippen molar-refractivity contribution in [3.63, 3.8) is 0 Å². The van der Waals surface area contributed by atoms with Crippen LogP contribution in [0, 0.1) is 5.92 Å². The number of hydrogen-bond donors (Lipinski definition) is 3. The Balaban J connectivity index is 2.64. The zero-order valence-corrected chi connectivity index (χ0v) is 11.9. The number of carboxylic acids is 1. The highest BCUT2D eigenvalue weighted by Crippen LogP contribution is 2.06. The minimum atomic E-state index is -1.06. The SMILES string of the molecule is CC(C)C[C@H](N)C(=O)NC(Cc1ccccc1)C(=O)O. The average molecular weight is 278 g/mol. The molecule has 0 radical (unpaired) electrons. The van der Waals surface area contributed by atoms with Crippen molar-refractivity contribution >= 4 is 11.9 Å². The zero-order valence-electron chi connectivity index (χ0n) is 11.9. The van der Waals surface area contributed by atoms with E-state index < -0.39 is 24.0 Å². The van der Waals surface area contributed by atoms with E-state index in [0.29, 0.717) is 6.42 Å². The van der Waals surface area contributed by atoms with Gasteiger partial charge in [0.05, 0.1) is 6.04 Å². The predicted molar refractivity (Wildman–Crippen MR) is 77.1 cm³/mol. The number of carboxylic acid groups (broad SMARTS) is 1. The lowest BCUT2D eigenvalue weighted by molar-refractivity contribution is -0.142. The van der Waals surface area contributed by atoms with E-state index in [1.807, 2.05) is 44.2 Å². The van der Waals surface area contributed by atoms with Gasteiger partial charge in [0.25, 0.3) is 0 Å². The van der Waals surface area contributed by atoms with Crippen LogP contribution in [-0.2, 0) is 16.0 Å². The topological polar surface area (TPSA) is 92.4 Å². The molecule has 0 aliphatic rings. The van der Waals surface area contributed by atoms with Gasteiger partial charge in [-0.05, 0) is 17.9 Å². The molecular weight excluding hydrogens is 256 g/mol.